The van der Waals surface area contributed by atoms with E-state index in [-0.39, 0.29) is 6.10 Å². The molecular formula is C16H27NO. The van der Waals surface area contributed by atoms with Gasteiger partial charge in [0.2, 0.25) is 0 Å². The van der Waals surface area contributed by atoms with Crippen LogP contribution in [0.2, 0.25) is 0 Å². The topological polar surface area (TPSA) is 21.3 Å². The van der Waals surface area contributed by atoms with Crippen molar-refractivity contribution in [3.63, 3.8) is 0 Å². The minimum Gasteiger partial charge on any atom is -0.377 e. The van der Waals surface area contributed by atoms with Crippen molar-refractivity contribution < 1.29 is 4.74 Å². The van der Waals surface area contributed by atoms with Crippen LogP contribution in [0.4, 0.5) is 0 Å². The number of hydrogen-bond donors (Lipinski definition) is 1. The molecule has 0 fully saturated rings. The lowest BCUT2D eigenvalue weighted by molar-refractivity contribution is 0.00532. The Bertz CT molecular complexity index is 349. The summed E-state index contributed by atoms with van der Waals surface area (Å²) in [6, 6.07) is 8.96. The number of rotatable bonds is 7. The molecule has 0 radical (unpaired) electrons. The Morgan fingerprint density at radius 3 is 2.39 bits per heavy atom. The van der Waals surface area contributed by atoms with Gasteiger partial charge in [-0.2, -0.15) is 0 Å². The highest BCUT2D eigenvalue weighted by Gasteiger charge is 2.24. The van der Waals surface area contributed by atoms with Crippen LogP contribution in [-0.2, 0) is 11.2 Å². The highest BCUT2D eigenvalue weighted by molar-refractivity contribution is 5.26. The molecule has 0 saturated heterocycles. The third kappa shape index (κ3) is 4.11. The van der Waals surface area contributed by atoms with Crippen LogP contribution in [0.3, 0.4) is 0 Å². The molecule has 0 saturated carbocycles. The van der Waals surface area contributed by atoms with Crippen molar-refractivity contribution >= 4 is 0 Å². The van der Waals surface area contributed by atoms with Gasteiger partial charge in [-0.3, -0.25) is 0 Å². The van der Waals surface area contributed by atoms with Crippen LogP contribution in [0.1, 0.15) is 31.9 Å². The van der Waals surface area contributed by atoms with Crippen molar-refractivity contribution in [3.05, 3.63) is 35.4 Å². The van der Waals surface area contributed by atoms with Crippen LogP contribution in [0.15, 0.2) is 24.3 Å². The van der Waals surface area contributed by atoms with Gasteiger partial charge in [-0.05, 0) is 44.4 Å². The number of benzene rings is 1. The van der Waals surface area contributed by atoms with Crippen LogP contribution >= 0.6 is 0 Å². The lowest BCUT2D eigenvalue weighted by atomic mass is 9.92. The fourth-order valence-electron chi connectivity index (χ4n) is 2.42. The lowest BCUT2D eigenvalue weighted by Crippen LogP contribution is -2.44. The van der Waals surface area contributed by atoms with Crippen molar-refractivity contribution in [3.8, 4) is 0 Å². The predicted octanol–water partition coefficient (Wildman–Crippen LogP) is 3.19. The molecule has 18 heavy (non-hydrogen) atoms. The number of aryl methyl sites for hydroxylation is 1. The van der Waals surface area contributed by atoms with E-state index in [4.69, 9.17) is 4.74 Å². The number of likely N-dealkylation sites (N-methyl/N-ethyl adjacent to an activating group) is 1. The molecule has 2 atom stereocenters. The van der Waals surface area contributed by atoms with E-state index in [1.807, 2.05) is 7.05 Å². The van der Waals surface area contributed by atoms with E-state index in [1.54, 1.807) is 0 Å². The SMILES string of the molecule is CCOC(C(C)C)C(Cc1ccccc1C)NC. The molecule has 1 aromatic rings. The monoisotopic (exact) mass is 249 g/mol. The van der Waals surface area contributed by atoms with Crippen molar-refractivity contribution in [1.29, 1.82) is 0 Å². The first kappa shape index (κ1) is 15.2. The quantitative estimate of drug-likeness (QED) is 0.801. The van der Waals surface area contributed by atoms with Gasteiger partial charge in [0, 0.05) is 12.6 Å². The molecule has 1 rings (SSSR count). The van der Waals surface area contributed by atoms with Crippen LogP contribution in [0.5, 0.6) is 0 Å². The number of ether oxygens (including phenoxy) is 1. The summed E-state index contributed by atoms with van der Waals surface area (Å²) in [7, 11) is 2.03. The Balaban J connectivity index is 2.79. The molecule has 0 aliphatic carbocycles. The fraction of sp³-hybridized carbons (Fsp3) is 0.625. The molecule has 2 heteroatoms. The highest BCUT2D eigenvalue weighted by atomic mass is 16.5. The standard InChI is InChI=1S/C16H27NO/c1-6-18-16(12(2)3)15(17-5)11-14-10-8-7-9-13(14)4/h7-10,12,15-17H,6,11H2,1-5H3. The summed E-state index contributed by atoms with van der Waals surface area (Å²) in [5.41, 5.74) is 2.76. The van der Waals surface area contributed by atoms with E-state index in [9.17, 15) is 0 Å². The summed E-state index contributed by atoms with van der Waals surface area (Å²) in [6.45, 7) is 9.46. The molecule has 2 nitrogen and oxygen atoms in total. The summed E-state index contributed by atoms with van der Waals surface area (Å²) < 4.78 is 5.91. The molecule has 0 spiro atoms. The molecule has 0 bridgehead atoms. The van der Waals surface area contributed by atoms with Gasteiger partial charge < -0.3 is 10.1 Å². The fourth-order valence-corrected chi connectivity index (χ4v) is 2.42. The second-order valence-electron chi connectivity index (χ2n) is 5.19. The summed E-state index contributed by atoms with van der Waals surface area (Å²) in [5.74, 6) is 0.520. The second-order valence-corrected chi connectivity index (χ2v) is 5.19. The number of nitrogens with one attached hydrogen (secondary N) is 1. The van der Waals surface area contributed by atoms with Crippen LogP contribution in [-0.4, -0.2) is 25.8 Å². The van der Waals surface area contributed by atoms with Gasteiger partial charge in [0.1, 0.15) is 0 Å². The maximum Gasteiger partial charge on any atom is 0.0753 e. The first-order chi connectivity index (χ1) is 8.60. The van der Waals surface area contributed by atoms with E-state index < -0.39 is 0 Å². The van der Waals surface area contributed by atoms with Gasteiger partial charge in [-0.25, -0.2) is 0 Å². The zero-order valence-electron chi connectivity index (χ0n) is 12.4. The van der Waals surface area contributed by atoms with Crippen molar-refractivity contribution in [1.82, 2.24) is 5.32 Å². The maximum absolute atomic E-state index is 5.91. The van der Waals surface area contributed by atoms with E-state index in [0.29, 0.717) is 12.0 Å². The Morgan fingerprint density at radius 1 is 1.22 bits per heavy atom. The Hall–Kier alpha value is -0.860. The van der Waals surface area contributed by atoms with Gasteiger partial charge in [0.25, 0.3) is 0 Å². The molecule has 1 N–H and O–H groups in total. The molecule has 0 amide bonds. The maximum atomic E-state index is 5.91. The van der Waals surface area contributed by atoms with E-state index in [1.165, 1.54) is 11.1 Å². The summed E-state index contributed by atoms with van der Waals surface area (Å²) >= 11 is 0. The molecule has 2 unspecified atom stereocenters. The van der Waals surface area contributed by atoms with Gasteiger partial charge >= 0.3 is 0 Å². The first-order valence-corrected chi connectivity index (χ1v) is 6.93. The lowest BCUT2D eigenvalue weighted by Gasteiger charge is -2.30. The van der Waals surface area contributed by atoms with Gasteiger partial charge in [0.05, 0.1) is 6.10 Å². The number of hydrogen-bond acceptors (Lipinski definition) is 2. The highest BCUT2D eigenvalue weighted by Crippen LogP contribution is 2.17. The summed E-state index contributed by atoms with van der Waals surface area (Å²) in [6.07, 6.45) is 1.28. The molecule has 102 valence electrons. The van der Waals surface area contributed by atoms with Crippen LogP contribution < -0.4 is 5.32 Å². The molecule has 1 aromatic carbocycles. The van der Waals surface area contributed by atoms with Crippen molar-refractivity contribution in [2.45, 2.75) is 46.3 Å². The third-order valence-electron chi connectivity index (χ3n) is 3.48. The Morgan fingerprint density at radius 2 is 1.89 bits per heavy atom. The Kier molecular flexibility index (Phi) is 6.37. The van der Waals surface area contributed by atoms with E-state index >= 15 is 0 Å². The predicted molar refractivity (Wildman–Crippen MR) is 78.0 cm³/mol. The molecule has 0 heterocycles. The van der Waals surface area contributed by atoms with Gasteiger partial charge in [0.15, 0.2) is 0 Å². The third-order valence-corrected chi connectivity index (χ3v) is 3.48. The average Bonchev–Trinajstić information content (AvgIpc) is 2.35. The smallest absolute Gasteiger partial charge is 0.0753 e. The summed E-state index contributed by atoms with van der Waals surface area (Å²) in [4.78, 5) is 0. The largest absolute Gasteiger partial charge is 0.377 e. The molecule has 0 aliphatic rings. The first-order valence-electron chi connectivity index (χ1n) is 6.93. The van der Waals surface area contributed by atoms with Crippen LogP contribution in [0, 0.1) is 12.8 Å². The van der Waals surface area contributed by atoms with Crippen LogP contribution in [0.25, 0.3) is 0 Å². The van der Waals surface area contributed by atoms with Crippen molar-refractivity contribution in [2.24, 2.45) is 5.92 Å². The van der Waals surface area contributed by atoms with E-state index in [0.717, 1.165) is 13.0 Å². The van der Waals surface area contributed by atoms with E-state index in [2.05, 4.69) is 57.3 Å². The normalized spacial score (nSPS) is 14.8. The molecular weight excluding hydrogens is 222 g/mol. The Labute approximate surface area is 112 Å². The van der Waals surface area contributed by atoms with Crippen molar-refractivity contribution in [2.75, 3.05) is 13.7 Å². The minimum absolute atomic E-state index is 0.264. The van der Waals surface area contributed by atoms with Gasteiger partial charge in [-0.15, -0.1) is 0 Å². The second kappa shape index (κ2) is 7.55. The average molecular weight is 249 g/mol. The van der Waals surface area contributed by atoms with Gasteiger partial charge in [-0.1, -0.05) is 38.1 Å². The minimum atomic E-state index is 0.264. The molecule has 0 aromatic heterocycles. The zero-order chi connectivity index (χ0) is 13.5. The molecule has 0 aliphatic heterocycles. The zero-order valence-corrected chi connectivity index (χ0v) is 12.4. The summed E-state index contributed by atoms with van der Waals surface area (Å²) in [5, 5.41) is 3.42.